The molecule has 0 aliphatic carbocycles. The Kier molecular flexibility index (Phi) is 4.65. The first-order valence-corrected chi connectivity index (χ1v) is 8.84. The Morgan fingerprint density at radius 2 is 1.93 bits per heavy atom. The molecule has 4 rings (SSSR count). The van der Waals surface area contributed by atoms with Gasteiger partial charge in [-0.1, -0.05) is 6.07 Å². The molecule has 2 aromatic heterocycles. The van der Waals surface area contributed by atoms with Crippen LogP contribution in [0.3, 0.4) is 0 Å². The van der Waals surface area contributed by atoms with Crippen LogP contribution < -0.4 is 5.32 Å². The molecule has 1 N–H and O–H groups in total. The second-order valence-corrected chi connectivity index (χ2v) is 6.38. The van der Waals surface area contributed by atoms with Gasteiger partial charge in [-0.2, -0.15) is 5.10 Å². The van der Waals surface area contributed by atoms with Crippen molar-refractivity contribution in [2.45, 2.75) is 18.9 Å². The fourth-order valence-corrected chi connectivity index (χ4v) is 3.32. The molecule has 1 fully saturated rings. The van der Waals surface area contributed by atoms with Crippen LogP contribution in [0.4, 0.5) is 5.69 Å². The van der Waals surface area contributed by atoms with Crippen LogP contribution >= 0.6 is 0 Å². The van der Waals surface area contributed by atoms with Gasteiger partial charge < -0.3 is 10.2 Å². The quantitative estimate of drug-likeness (QED) is 0.774. The molecule has 1 atom stereocenters. The summed E-state index contributed by atoms with van der Waals surface area (Å²) in [4.78, 5) is 31.1. The maximum atomic E-state index is 12.8. The van der Waals surface area contributed by atoms with Crippen molar-refractivity contribution >= 4 is 17.5 Å². The molecular formula is C20H19N5O2. The van der Waals surface area contributed by atoms with Crippen LogP contribution in [0.1, 0.15) is 23.2 Å². The van der Waals surface area contributed by atoms with Gasteiger partial charge in [-0.25, -0.2) is 4.68 Å². The Morgan fingerprint density at radius 1 is 1.07 bits per heavy atom. The van der Waals surface area contributed by atoms with E-state index < -0.39 is 6.04 Å². The van der Waals surface area contributed by atoms with E-state index >= 15 is 0 Å². The lowest BCUT2D eigenvalue weighted by Crippen LogP contribution is -2.43. The first-order chi connectivity index (χ1) is 13.2. The van der Waals surface area contributed by atoms with E-state index in [1.165, 1.54) is 0 Å². The van der Waals surface area contributed by atoms with E-state index in [0.717, 1.165) is 12.1 Å². The minimum Gasteiger partial charge on any atom is -0.327 e. The van der Waals surface area contributed by atoms with Gasteiger partial charge in [0.25, 0.3) is 5.91 Å². The lowest BCUT2D eigenvalue weighted by Gasteiger charge is -2.24. The highest BCUT2D eigenvalue weighted by Crippen LogP contribution is 2.22. The average Bonchev–Trinajstić information content (AvgIpc) is 3.40. The van der Waals surface area contributed by atoms with Crippen molar-refractivity contribution in [1.82, 2.24) is 19.7 Å². The Bertz CT molecular complexity index is 940. The van der Waals surface area contributed by atoms with Gasteiger partial charge in [0.15, 0.2) is 0 Å². The molecular weight excluding hydrogens is 342 g/mol. The number of carbonyl (C=O) groups is 2. The number of rotatable bonds is 4. The number of hydrogen-bond acceptors (Lipinski definition) is 4. The van der Waals surface area contributed by atoms with Crippen molar-refractivity contribution in [2.24, 2.45) is 0 Å². The van der Waals surface area contributed by atoms with Crippen LogP contribution in [0.2, 0.25) is 0 Å². The molecule has 0 bridgehead atoms. The summed E-state index contributed by atoms with van der Waals surface area (Å²) < 4.78 is 1.73. The lowest BCUT2D eigenvalue weighted by atomic mass is 10.1. The summed E-state index contributed by atoms with van der Waals surface area (Å²) in [5.74, 6) is -0.312. The Hall–Kier alpha value is -3.48. The highest BCUT2D eigenvalue weighted by atomic mass is 16.2. The van der Waals surface area contributed by atoms with Crippen LogP contribution in [0.5, 0.6) is 0 Å². The van der Waals surface area contributed by atoms with E-state index in [9.17, 15) is 9.59 Å². The molecule has 0 unspecified atom stereocenters. The number of benzene rings is 1. The highest BCUT2D eigenvalue weighted by Gasteiger charge is 2.34. The van der Waals surface area contributed by atoms with E-state index in [4.69, 9.17) is 0 Å². The third-order valence-electron chi connectivity index (χ3n) is 4.63. The Balaban J connectivity index is 1.49. The summed E-state index contributed by atoms with van der Waals surface area (Å²) in [7, 11) is 0. The van der Waals surface area contributed by atoms with Crippen molar-refractivity contribution in [1.29, 1.82) is 0 Å². The van der Waals surface area contributed by atoms with E-state index in [2.05, 4.69) is 15.4 Å². The predicted molar refractivity (Wildman–Crippen MR) is 100 cm³/mol. The summed E-state index contributed by atoms with van der Waals surface area (Å²) in [6, 6.07) is 12.2. The van der Waals surface area contributed by atoms with Gasteiger partial charge in [0.2, 0.25) is 5.91 Å². The fraction of sp³-hybridized carbons (Fsp3) is 0.200. The number of amides is 2. The molecule has 1 aromatic carbocycles. The van der Waals surface area contributed by atoms with Crippen LogP contribution in [0.25, 0.3) is 5.69 Å². The van der Waals surface area contributed by atoms with E-state index in [-0.39, 0.29) is 11.8 Å². The molecule has 3 aromatic rings. The number of hydrogen-bond donors (Lipinski definition) is 1. The number of pyridine rings is 1. The molecule has 0 radical (unpaired) electrons. The largest absolute Gasteiger partial charge is 0.327 e. The number of likely N-dealkylation sites (tertiary alicyclic amines) is 1. The van der Waals surface area contributed by atoms with Crippen LogP contribution in [0, 0.1) is 0 Å². The molecule has 7 heteroatoms. The topological polar surface area (TPSA) is 80.1 Å². The number of nitrogens with one attached hydrogen (secondary N) is 1. The summed E-state index contributed by atoms with van der Waals surface area (Å²) >= 11 is 0. The molecule has 0 saturated carbocycles. The number of carbonyl (C=O) groups excluding carboxylic acids is 2. The first kappa shape index (κ1) is 17.0. The van der Waals surface area contributed by atoms with Gasteiger partial charge in [0, 0.05) is 42.6 Å². The maximum Gasteiger partial charge on any atom is 0.254 e. The van der Waals surface area contributed by atoms with Crippen molar-refractivity contribution in [3.05, 3.63) is 72.8 Å². The summed E-state index contributed by atoms with van der Waals surface area (Å²) in [5.41, 5.74) is 2.08. The molecule has 3 heterocycles. The zero-order valence-corrected chi connectivity index (χ0v) is 14.7. The van der Waals surface area contributed by atoms with E-state index in [1.54, 1.807) is 40.3 Å². The van der Waals surface area contributed by atoms with Crippen molar-refractivity contribution < 1.29 is 9.59 Å². The van der Waals surface area contributed by atoms with Gasteiger partial charge in [-0.05, 0) is 49.2 Å². The Labute approximate surface area is 156 Å². The van der Waals surface area contributed by atoms with Crippen LogP contribution in [-0.4, -0.2) is 44.1 Å². The molecule has 0 spiro atoms. The molecule has 136 valence electrons. The van der Waals surface area contributed by atoms with Gasteiger partial charge in [0.05, 0.1) is 5.69 Å². The zero-order chi connectivity index (χ0) is 18.6. The van der Waals surface area contributed by atoms with Gasteiger partial charge in [-0.3, -0.25) is 14.6 Å². The second-order valence-electron chi connectivity index (χ2n) is 6.38. The van der Waals surface area contributed by atoms with Crippen molar-refractivity contribution in [3.63, 3.8) is 0 Å². The number of aromatic nitrogens is 3. The van der Waals surface area contributed by atoms with E-state index in [1.807, 2.05) is 36.5 Å². The molecule has 7 nitrogen and oxygen atoms in total. The SMILES string of the molecule is O=C(Nc1cccc(-n2cccn2)c1)[C@H]1CCCN1C(=O)c1ccncc1. The summed E-state index contributed by atoms with van der Waals surface area (Å²) in [6.07, 6.45) is 8.17. The molecule has 2 amide bonds. The molecule has 1 aliphatic rings. The average molecular weight is 361 g/mol. The monoisotopic (exact) mass is 361 g/mol. The predicted octanol–water partition coefficient (Wildman–Crippen LogP) is 2.51. The summed E-state index contributed by atoms with van der Waals surface area (Å²) in [5, 5.41) is 7.14. The molecule has 27 heavy (non-hydrogen) atoms. The third-order valence-corrected chi connectivity index (χ3v) is 4.63. The van der Waals surface area contributed by atoms with Crippen molar-refractivity contribution in [3.8, 4) is 5.69 Å². The maximum absolute atomic E-state index is 12.8. The van der Waals surface area contributed by atoms with E-state index in [0.29, 0.717) is 24.2 Å². The minimum atomic E-state index is -0.473. The normalized spacial score (nSPS) is 16.3. The number of anilines is 1. The standard InChI is InChI=1S/C20H19N5O2/c26-19(23-16-4-1-5-17(14-16)25-13-3-9-22-25)18-6-2-12-24(18)20(27)15-7-10-21-11-8-15/h1,3-5,7-11,13-14,18H,2,6,12H2,(H,23,26)/t18-/m1/s1. The molecule has 1 saturated heterocycles. The third kappa shape index (κ3) is 3.57. The second kappa shape index (κ2) is 7.41. The molecule has 1 aliphatic heterocycles. The minimum absolute atomic E-state index is 0.139. The van der Waals surface area contributed by atoms with Gasteiger partial charge in [0.1, 0.15) is 6.04 Å². The Morgan fingerprint density at radius 3 is 2.70 bits per heavy atom. The highest BCUT2D eigenvalue weighted by molar-refractivity contribution is 6.01. The lowest BCUT2D eigenvalue weighted by molar-refractivity contribution is -0.119. The van der Waals surface area contributed by atoms with Crippen LogP contribution in [0.15, 0.2) is 67.3 Å². The zero-order valence-electron chi connectivity index (χ0n) is 14.7. The van der Waals surface area contributed by atoms with Gasteiger partial charge >= 0.3 is 0 Å². The fourth-order valence-electron chi connectivity index (χ4n) is 3.32. The first-order valence-electron chi connectivity index (χ1n) is 8.84. The van der Waals surface area contributed by atoms with Crippen molar-refractivity contribution in [2.75, 3.05) is 11.9 Å². The number of nitrogens with zero attached hydrogens (tertiary/aromatic N) is 4. The smallest absolute Gasteiger partial charge is 0.254 e. The summed E-state index contributed by atoms with van der Waals surface area (Å²) in [6.45, 7) is 0.576. The van der Waals surface area contributed by atoms with Gasteiger partial charge in [-0.15, -0.1) is 0 Å². The van der Waals surface area contributed by atoms with Crippen LogP contribution in [-0.2, 0) is 4.79 Å².